The molecule has 0 bridgehead atoms. The smallest absolute Gasteiger partial charge is 0.324 e. The van der Waals surface area contributed by atoms with Crippen molar-refractivity contribution in [3.8, 4) is 0 Å². The minimum absolute atomic E-state index is 0.0229. The molecule has 1 heterocycles. The van der Waals surface area contributed by atoms with Crippen LogP contribution in [-0.4, -0.2) is 10.8 Å². The van der Waals surface area contributed by atoms with Crippen molar-refractivity contribution in [2.24, 2.45) is 5.92 Å². The van der Waals surface area contributed by atoms with Gasteiger partial charge in [-0.05, 0) is 24.0 Å². The van der Waals surface area contributed by atoms with Gasteiger partial charge in [-0.25, -0.2) is 0 Å². The van der Waals surface area contributed by atoms with Crippen molar-refractivity contribution in [2.75, 3.05) is 0 Å². The molecule has 5 nitrogen and oxygen atoms in total. The van der Waals surface area contributed by atoms with E-state index in [-0.39, 0.29) is 17.0 Å². The third-order valence-corrected chi connectivity index (χ3v) is 4.25. The number of rotatable bonds is 6. The topological polar surface area (TPSA) is 72.2 Å². The van der Waals surface area contributed by atoms with Crippen LogP contribution in [0, 0.1) is 16.0 Å². The van der Waals surface area contributed by atoms with Gasteiger partial charge in [0.25, 0.3) is 5.91 Å². The predicted octanol–water partition coefficient (Wildman–Crippen LogP) is 4.17. The van der Waals surface area contributed by atoms with Crippen LogP contribution in [0.15, 0.2) is 42.5 Å². The minimum Gasteiger partial charge on any atom is -0.345 e. The molecule has 0 fully saturated rings. The fraction of sp³-hybridized carbons (Fsp3) is 0.312. The highest BCUT2D eigenvalue weighted by atomic mass is 32.1. The summed E-state index contributed by atoms with van der Waals surface area (Å²) in [6, 6.07) is 12.5. The first-order valence-corrected chi connectivity index (χ1v) is 7.89. The Morgan fingerprint density at radius 1 is 1.23 bits per heavy atom. The summed E-state index contributed by atoms with van der Waals surface area (Å²) in [5, 5.41) is 13.7. The molecule has 0 aliphatic heterocycles. The first-order chi connectivity index (χ1) is 10.5. The lowest BCUT2D eigenvalue weighted by molar-refractivity contribution is -0.380. The summed E-state index contributed by atoms with van der Waals surface area (Å²) in [6.45, 7) is 4.19. The van der Waals surface area contributed by atoms with Crippen LogP contribution in [0.3, 0.4) is 0 Å². The van der Waals surface area contributed by atoms with E-state index in [0.717, 1.165) is 23.3 Å². The maximum Gasteiger partial charge on any atom is 0.324 e. The SMILES string of the molecule is CC(C)CC(NC(=O)c1ccc([N+](=O)[O-])s1)c1ccccc1. The Morgan fingerprint density at radius 3 is 2.45 bits per heavy atom. The zero-order chi connectivity index (χ0) is 16.1. The van der Waals surface area contributed by atoms with Gasteiger partial charge in [-0.3, -0.25) is 14.9 Å². The molecule has 0 aliphatic carbocycles. The number of amides is 1. The highest BCUT2D eigenvalue weighted by Crippen LogP contribution is 2.26. The molecule has 1 aromatic carbocycles. The molecule has 0 saturated carbocycles. The van der Waals surface area contributed by atoms with Gasteiger partial charge in [0.15, 0.2) is 0 Å². The van der Waals surface area contributed by atoms with Crippen LogP contribution in [0.4, 0.5) is 5.00 Å². The Bertz CT molecular complexity index is 652. The summed E-state index contributed by atoms with van der Waals surface area (Å²) < 4.78 is 0. The van der Waals surface area contributed by atoms with E-state index in [1.54, 1.807) is 0 Å². The molecule has 1 N–H and O–H groups in total. The molecule has 22 heavy (non-hydrogen) atoms. The summed E-state index contributed by atoms with van der Waals surface area (Å²) in [5.41, 5.74) is 1.04. The molecule has 6 heteroatoms. The predicted molar refractivity (Wildman–Crippen MR) is 87.1 cm³/mol. The number of carbonyl (C=O) groups excluding carboxylic acids is 1. The van der Waals surface area contributed by atoms with Crippen molar-refractivity contribution in [3.63, 3.8) is 0 Å². The van der Waals surface area contributed by atoms with E-state index in [4.69, 9.17) is 0 Å². The zero-order valence-electron chi connectivity index (χ0n) is 12.5. The van der Waals surface area contributed by atoms with Gasteiger partial charge in [-0.2, -0.15) is 0 Å². The molecule has 1 aromatic heterocycles. The van der Waals surface area contributed by atoms with E-state index in [1.807, 2.05) is 30.3 Å². The van der Waals surface area contributed by atoms with Gasteiger partial charge < -0.3 is 5.32 Å². The lowest BCUT2D eigenvalue weighted by Crippen LogP contribution is -2.28. The van der Waals surface area contributed by atoms with Crippen LogP contribution in [0.25, 0.3) is 0 Å². The number of benzene rings is 1. The molecular weight excluding hydrogens is 300 g/mol. The van der Waals surface area contributed by atoms with Crippen molar-refractivity contribution < 1.29 is 9.72 Å². The summed E-state index contributed by atoms with van der Waals surface area (Å²) >= 11 is 0.894. The van der Waals surface area contributed by atoms with Crippen molar-refractivity contribution in [3.05, 3.63) is 63.0 Å². The van der Waals surface area contributed by atoms with Gasteiger partial charge in [-0.15, -0.1) is 0 Å². The standard InChI is InChI=1S/C16H18N2O3S/c1-11(2)10-13(12-6-4-3-5-7-12)17-16(19)14-8-9-15(22-14)18(20)21/h3-9,11,13H,10H2,1-2H3,(H,17,19). The van der Waals surface area contributed by atoms with E-state index >= 15 is 0 Å². The molecule has 1 unspecified atom stereocenters. The van der Waals surface area contributed by atoms with Gasteiger partial charge in [0.1, 0.15) is 0 Å². The van der Waals surface area contributed by atoms with E-state index in [9.17, 15) is 14.9 Å². The molecule has 1 atom stereocenters. The molecule has 0 spiro atoms. The fourth-order valence-corrected chi connectivity index (χ4v) is 2.94. The molecule has 2 aromatic rings. The van der Waals surface area contributed by atoms with Crippen molar-refractivity contribution >= 4 is 22.2 Å². The van der Waals surface area contributed by atoms with Crippen LogP contribution < -0.4 is 5.32 Å². The van der Waals surface area contributed by atoms with Crippen molar-refractivity contribution in [1.29, 1.82) is 0 Å². The van der Waals surface area contributed by atoms with E-state index in [2.05, 4.69) is 19.2 Å². The van der Waals surface area contributed by atoms with Gasteiger partial charge in [0, 0.05) is 6.07 Å². The van der Waals surface area contributed by atoms with Gasteiger partial charge in [-0.1, -0.05) is 55.5 Å². The number of nitro groups is 1. The summed E-state index contributed by atoms with van der Waals surface area (Å²) in [4.78, 5) is 22.9. The molecule has 2 rings (SSSR count). The Hall–Kier alpha value is -2.21. The normalized spacial score (nSPS) is 12.1. The Balaban J connectivity index is 2.15. The number of hydrogen-bond acceptors (Lipinski definition) is 4. The summed E-state index contributed by atoms with van der Waals surface area (Å²) in [5.74, 6) is 0.149. The second-order valence-electron chi connectivity index (χ2n) is 5.46. The van der Waals surface area contributed by atoms with Crippen molar-refractivity contribution in [2.45, 2.75) is 26.3 Å². The lowest BCUT2D eigenvalue weighted by atomic mass is 9.97. The summed E-state index contributed by atoms with van der Waals surface area (Å²) in [7, 11) is 0. The average molecular weight is 318 g/mol. The second-order valence-corrected chi connectivity index (χ2v) is 6.52. The quantitative estimate of drug-likeness (QED) is 0.641. The molecule has 0 radical (unpaired) electrons. The summed E-state index contributed by atoms with van der Waals surface area (Å²) in [6.07, 6.45) is 0.809. The van der Waals surface area contributed by atoms with Gasteiger partial charge in [0.05, 0.1) is 15.8 Å². The van der Waals surface area contributed by atoms with Crippen LogP contribution >= 0.6 is 11.3 Å². The molecule has 0 aliphatic rings. The number of nitrogens with zero attached hydrogens (tertiary/aromatic N) is 1. The highest BCUT2D eigenvalue weighted by Gasteiger charge is 2.20. The Morgan fingerprint density at radius 2 is 1.91 bits per heavy atom. The highest BCUT2D eigenvalue weighted by molar-refractivity contribution is 7.17. The van der Waals surface area contributed by atoms with E-state index in [0.29, 0.717) is 10.8 Å². The van der Waals surface area contributed by atoms with Crippen LogP contribution in [-0.2, 0) is 0 Å². The second kappa shape index (κ2) is 7.17. The molecule has 116 valence electrons. The largest absolute Gasteiger partial charge is 0.345 e. The Labute approximate surface area is 133 Å². The van der Waals surface area contributed by atoms with Crippen LogP contribution in [0.5, 0.6) is 0 Å². The average Bonchev–Trinajstić information content (AvgIpc) is 2.97. The van der Waals surface area contributed by atoms with Crippen LogP contribution in [0.2, 0.25) is 0 Å². The number of thiophene rings is 1. The zero-order valence-corrected chi connectivity index (χ0v) is 13.3. The maximum absolute atomic E-state index is 12.3. The Kier molecular flexibility index (Phi) is 5.27. The van der Waals surface area contributed by atoms with Gasteiger partial charge in [0.2, 0.25) is 0 Å². The van der Waals surface area contributed by atoms with E-state index < -0.39 is 4.92 Å². The maximum atomic E-state index is 12.3. The lowest BCUT2D eigenvalue weighted by Gasteiger charge is -2.20. The minimum atomic E-state index is -0.482. The molecular formula is C16H18N2O3S. The van der Waals surface area contributed by atoms with Crippen LogP contribution in [0.1, 0.15) is 41.5 Å². The molecule has 0 saturated heterocycles. The number of carbonyl (C=O) groups is 1. The third-order valence-electron chi connectivity index (χ3n) is 3.21. The first-order valence-electron chi connectivity index (χ1n) is 7.07. The van der Waals surface area contributed by atoms with E-state index in [1.165, 1.54) is 12.1 Å². The van der Waals surface area contributed by atoms with Gasteiger partial charge >= 0.3 is 5.00 Å². The molecule has 1 amide bonds. The number of nitrogens with one attached hydrogen (secondary N) is 1. The third kappa shape index (κ3) is 4.14. The number of hydrogen-bond donors (Lipinski definition) is 1. The monoisotopic (exact) mass is 318 g/mol. The van der Waals surface area contributed by atoms with Crippen molar-refractivity contribution in [1.82, 2.24) is 5.32 Å². The fourth-order valence-electron chi connectivity index (χ4n) is 2.21. The first kappa shape index (κ1) is 16.2.